The number of ether oxygens (including phenoxy) is 1. The Balaban J connectivity index is 2.11. The lowest BCUT2D eigenvalue weighted by Crippen LogP contribution is -2.02. The molecule has 0 saturated carbocycles. The van der Waals surface area contributed by atoms with E-state index in [0.717, 1.165) is 11.1 Å². The molecule has 0 aliphatic rings. The molecule has 1 N–H and O–H groups in total. The maximum atomic E-state index is 10.2. The van der Waals surface area contributed by atoms with E-state index < -0.39 is 6.10 Å². The van der Waals surface area contributed by atoms with Crippen molar-refractivity contribution in [2.75, 3.05) is 7.11 Å². The van der Waals surface area contributed by atoms with Gasteiger partial charge < -0.3 is 9.84 Å². The van der Waals surface area contributed by atoms with Crippen LogP contribution >= 0.6 is 0 Å². The minimum Gasteiger partial charge on any atom is -0.495 e. The average molecular weight is 243 g/mol. The Morgan fingerprint density at radius 2 is 1.94 bits per heavy atom. The van der Waals surface area contributed by atoms with Crippen LogP contribution in [0.1, 0.15) is 22.8 Å². The SMILES string of the molecule is COc1cncc(C(O)Cc2ccc(C)cc2)c1. The monoisotopic (exact) mass is 243 g/mol. The van der Waals surface area contributed by atoms with Crippen LogP contribution in [0.4, 0.5) is 0 Å². The summed E-state index contributed by atoms with van der Waals surface area (Å²) in [4.78, 5) is 4.05. The highest BCUT2D eigenvalue weighted by Crippen LogP contribution is 2.21. The number of aliphatic hydroxyl groups is 1. The standard InChI is InChI=1S/C15H17NO2/c1-11-3-5-12(6-4-11)7-15(17)13-8-14(18-2)10-16-9-13/h3-6,8-10,15,17H,7H2,1-2H3. The molecule has 0 amide bonds. The molecule has 0 aliphatic carbocycles. The van der Waals surface area contributed by atoms with Crippen molar-refractivity contribution < 1.29 is 9.84 Å². The summed E-state index contributed by atoms with van der Waals surface area (Å²) in [5.74, 6) is 0.662. The Hall–Kier alpha value is -1.87. The number of aryl methyl sites for hydroxylation is 1. The Bertz CT molecular complexity index is 508. The highest BCUT2D eigenvalue weighted by Gasteiger charge is 2.10. The van der Waals surface area contributed by atoms with Gasteiger partial charge in [-0.1, -0.05) is 29.8 Å². The fourth-order valence-corrected chi connectivity index (χ4v) is 1.79. The summed E-state index contributed by atoms with van der Waals surface area (Å²) in [5.41, 5.74) is 3.10. The van der Waals surface area contributed by atoms with Crippen LogP contribution in [0.15, 0.2) is 42.7 Å². The molecule has 94 valence electrons. The molecule has 18 heavy (non-hydrogen) atoms. The topological polar surface area (TPSA) is 42.4 Å². The Kier molecular flexibility index (Phi) is 3.95. The van der Waals surface area contributed by atoms with E-state index in [9.17, 15) is 5.11 Å². The van der Waals surface area contributed by atoms with Gasteiger partial charge in [-0.15, -0.1) is 0 Å². The summed E-state index contributed by atoms with van der Waals surface area (Å²) in [6, 6.07) is 9.97. The maximum Gasteiger partial charge on any atom is 0.137 e. The van der Waals surface area contributed by atoms with Crippen LogP contribution in [0, 0.1) is 6.92 Å². The molecule has 1 unspecified atom stereocenters. The van der Waals surface area contributed by atoms with Crippen molar-refractivity contribution in [1.29, 1.82) is 0 Å². The summed E-state index contributed by atoms with van der Waals surface area (Å²) in [5, 5.41) is 10.2. The van der Waals surface area contributed by atoms with E-state index in [2.05, 4.69) is 4.98 Å². The number of aromatic nitrogens is 1. The fraction of sp³-hybridized carbons (Fsp3) is 0.267. The smallest absolute Gasteiger partial charge is 0.137 e. The molecule has 0 aliphatic heterocycles. The molecule has 1 aromatic carbocycles. The van der Waals surface area contributed by atoms with Gasteiger partial charge in [0.15, 0.2) is 0 Å². The van der Waals surface area contributed by atoms with Crippen LogP contribution in [0.3, 0.4) is 0 Å². The second-order valence-corrected chi connectivity index (χ2v) is 4.36. The van der Waals surface area contributed by atoms with Gasteiger partial charge in [0.25, 0.3) is 0 Å². The van der Waals surface area contributed by atoms with Crippen molar-refractivity contribution in [3.63, 3.8) is 0 Å². The zero-order chi connectivity index (χ0) is 13.0. The van der Waals surface area contributed by atoms with Gasteiger partial charge >= 0.3 is 0 Å². The molecule has 1 heterocycles. The van der Waals surface area contributed by atoms with E-state index in [1.165, 1.54) is 5.56 Å². The minimum atomic E-state index is -0.560. The van der Waals surface area contributed by atoms with E-state index in [4.69, 9.17) is 4.74 Å². The lowest BCUT2D eigenvalue weighted by atomic mass is 10.0. The van der Waals surface area contributed by atoms with Gasteiger partial charge in [-0.05, 0) is 18.6 Å². The van der Waals surface area contributed by atoms with Gasteiger partial charge in [0.05, 0.1) is 19.4 Å². The highest BCUT2D eigenvalue weighted by atomic mass is 16.5. The molecule has 0 radical (unpaired) electrons. The van der Waals surface area contributed by atoms with Crippen molar-refractivity contribution in [1.82, 2.24) is 4.98 Å². The molecule has 2 rings (SSSR count). The van der Waals surface area contributed by atoms with E-state index in [1.54, 1.807) is 19.5 Å². The van der Waals surface area contributed by atoms with Gasteiger partial charge in [-0.3, -0.25) is 4.98 Å². The predicted octanol–water partition coefficient (Wildman–Crippen LogP) is 2.67. The largest absolute Gasteiger partial charge is 0.495 e. The summed E-state index contributed by atoms with van der Waals surface area (Å²) in [6.45, 7) is 2.05. The number of nitrogens with zero attached hydrogens (tertiary/aromatic N) is 1. The quantitative estimate of drug-likeness (QED) is 0.897. The van der Waals surface area contributed by atoms with E-state index in [-0.39, 0.29) is 0 Å². The Labute approximate surface area is 107 Å². The van der Waals surface area contributed by atoms with Gasteiger partial charge in [-0.25, -0.2) is 0 Å². The zero-order valence-electron chi connectivity index (χ0n) is 10.6. The molecule has 0 bridgehead atoms. The third-order valence-electron chi connectivity index (χ3n) is 2.90. The lowest BCUT2D eigenvalue weighted by molar-refractivity contribution is 0.177. The lowest BCUT2D eigenvalue weighted by Gasteiger charge is -2.11. The number of aliphatic hydroxyl groups excluding tert-OH is 1. The third-order valence-corrected chi connectivity index (χ3v) is 2.90. The number of pyridine rings is 1. The van der Waals surface area contributed by atoms with Gasteiger partial charge in [0.2, 0.25) is 0 Å². The highest BCUT2D eigenvalue weighted by molar-refractivity contribution is 5.28. The van der Waals surface area contributed by atoms with Crippen LogP contribution in [-0.2, 0) is 6.42 Å². The second-order valence-electron chi connectivity index (χ2n) is 4.36. The van der Waals surface area contributed by atoms with E-state index in [1.807, 2.05) is 37.3 Å². The van der Waals surface area contributed by atoms with E-state index in [0.29, 0.717) is 12.2 Å². The molecule has 1 atom stereocenters. The number of hydrogen-bond donors (Lipinski definition) is 1. The summed E-state index contributed by atoms with van der Waals surface area (Å²) in [6.07, 6.45) is 3.31. The zero-order valence-corrected chi connectivity index (χ0v) is 10.6. The van der Waals surface area contributed by atoms with Crippen LogP contribution in [0.5, 0.6) is 5.75 Å². The van der Waals surface area contributed by atoms with Crippen LogP contribution in [0.2, 0.25) is 0 Å². The first-order valence-corrected chi connectivity index (χ1v) is 5.91. The molecule has 0 spiro atoms. The van der Waals surface area contributed by atoms with Crippen molar-refractivity contribution in [2.24, 2.45) is 0 Å². The van der Waals surface area contributed by atoms with Crippen LogP contribution < -0.4 is 4.74 Å². The molecule has 1 aromatic heterocycles. The number of benzene rings is 1. The summed E-state index contributed by atoms with van der Waals surface area (Å²) < 4.78 is 5.10. The fourth-order valence-electron chi connectivity index (χ4n) is 1.79. The van der Waals surface area contributed by atoms with Gasteiger partial charge in [0.1, 0.15) is 5.75 Å². The van der Waals surface area contributed by atoms with E-state index >= 15 is 0 Å². The third kappa shape index (κ3) is 3.08. The first-order valence-electron chi connectivity index (χ1n) is 5.91. The molecule has 2 aromatic rings. The molecule has 0 fully saturated rings. The Morgan fingerprint density at radius 1 is 1.22 bits per heavy atom. The van der Waals surface area contributed by atoms with Gasteiger partial charge in [-0.2, -0.15) is 0 Å². The maximum absolute atomic E-state index is 10.2. The summed E-state index contributed by atoms with van der Waals surface area (Å²) >= 11 is 0. The number of methoxy groups -OCH3 is 1. The first-order chi connectivity index (χ1) is 8.69. The number of rotatable bonds is 4. The molecule has 3 heteroatoms. The average Bonchev–Trinajstić information content (AvgIpc) is 2.41. The van der Waals surface area contributed by atoms with Crippen molar-refractivity contribution >= 4 is 0 Å². The predicted molar refractivity (Wildman–Crippen MR) is 70.6 cm³/mol. The molecular weight excluding hydrogens is 226 g/mol. The Morgan fingerprint density at radius 3 is 2.61 bits per heavy atom. The minimum absolute atomic E-state index is 0.560. The number of hydrogen-bond acceptors (Lipinski definition) is 3. The van der Waals surface area contributed by atoms with Crippen LogP contribution in [-0.4, -0.2) is 17.2 Å². The molecule has 3 nitrogen and oxygen atoms in total. The van der Waals surface area contributed by atoms with Crippen molar-refractivity contribution in [3.8, 4) is 5.75 Å². The van der Waals surface area contributed by atoms with Gasteiger partial charge in [0, 0.05) is 18.2 Å². The van der Waals surface area contributed by atoms with Crippen molar-refractivity contribution in [2.45, 2.75) is 19.4 Å². The first kappa shape index (κ1) is 12.6. The summed E-state index contributed by atoms with van der Waals surface area (Å²) in [7, 11) is 1.59. The van der Waals surface area contributed by atoms with Crippen LogP contribution in [0.25, 0.3) is 0 Å². The second kappa shape index (κ2) is 5.65. The normalized spacial score (nSPS) is 12.2. The molecule has 0 saturated heterocycles. The molecular formula is C15H17NO2. The van der Waals surface area contributed by atoms with Crippen molar-refractivity contribution in [3.05, 3.63) is 59.4 Å².